The van der Waals surface area contributed by atoms with E-state index in [9.17, 15) is 18.0 Å². The summed E-state index contributed by atoms with van der Waals surface area (Å²) in [5.41, 5.74) is 7.76. The topological polar surface area (TPSA) is 90.3 Å². The van der Waals surface area contributed by atoms with Crippen molar-refractivity contribution in [3.63, 3.8) is 0 Å². The standard InChI is InChI=1S/C28H22F3N5O3/c29-28(30,31)39-22-12-9-19(10-13-22)17-36-24-14-11-20(27(37)35-34-25-8-4-5-15-32-25)16-23(24)33-26(36)18-38-21-6-2-1-3-7-21/h1-16H,17-18H2,(H,32,34)(H,35,37). The summed E-state index contributed by atoms with van der Waals surface area (Å²) in [6, 6.07) is 25.2. The van der Waals surface area contributed by atoms with Crippen LogP contribution < -0.4 is 20.3 Å². The van der Waals surface area contributed by atoms with Crippen LogP contribution >= 0.6 is 0 Å². The van der Waals surface area contributed by atoms with Crippen molar-refractivity contribution < 1.29 is 27.4 Å². The predicted octanol–water partition coefficient (Wildman–Crippen LogP) is 5.71. The van der Waals surface area contributed by atoms with E-state index >= 15 is 0 Å². The lowest BCUT2D eigenvalue weighted by atomic mass is 10.2. The summed E-state index contributed by atoms with van der Waals surface area (Å²) in [5.74, 6) is 1.05. The highest BCUT2D eigenvalue weighted by molar-refractivity contribution is 5.98. The van der Waals surface area contributed by atoms with Gasteiger partial charge in [-0.05, 0) is 60.2 Å². The molecule has 0 atom stereocenters. The normalized spacial score (nSPS) is 11.3. The SMILES string of the molecule is O=C(NNc1ccccn1)c1ccc2c(c1)nc(COc1ccccc1)n2Cc1ccc(OC(F)(F)F)cc1. The summed E-state index contributed by atoms with van der Waals surface area (Å²) >= 11 is 0. The van der Waals surface area contributed by atoms with E-state index in [1.54, 1.807) is 54.7 Å². The van der Waals surface area contributed by atoms with Gasteiger partial charge in [0, 0.05) is 18.3 Å². The Bertz CT molecular complexity index is 1560. The molecule has 0 aliphatic heterocycles. The molecule has 1 amide bonds. The molecule has 0 fully saturated rings. The minimum Gasteiger partial charge on any atom is -0.486 e. The van der Waals surface area contributed by atoms with Crippen molar-refractivity contribution in [3.8, 4) is 11.5 Å². The van der Waals surface area contributed by atoms with Crippen molar-refractivity contribution in [1.82, 2.24) is 20.0 Å². The Morgan fingerprint density at radius 3 is 2.38 bits per heavy atom. The number of amides is 1. The number of anilines is 1. The molecule has 5 aromatic rings. The van der Waals surface area contributed by atoms with Crippen molar-refractivity contribution >= 4 is 22.8 Å². The van der Waals surface area contributed by atoms with Gasteiger partial charge in [-0.2, -0.15) is 0 Å². The average Bonchev–Trinajstić information content (AvgIpc) is 3.28. The van der Waals surface area contributed by atoms with Crippen LogP contribution in [0.25, 0.3) is 11.0 Å². The van der Waals surface area contributed by atoms with Crippen LogP contribution in [0.3, 0.4) is 0 Å². The van der Waals surface area contributed by atoms with Gasteiger partial charge in [-0.3, -0.25) is 15.6 Å². The number of carbonyl (C=O) groups is 1. The quantitative estimate of drug-likeness (QED) is 0.236. The minimum absolute atomic E-state index is 0.136. The van der Waals surface area contributed by atoms with E-state index in [0.29, 0.717) is 35.0 Å². The Morgan fingerprint density at radius 1 is 0.897 bits per heavy atom. The number of nitrogens with one attached hydrogen (secondary N) is 2. The second-order valence-corrected chi connectivity index (χ2v) is 8.41. The number of alkyl halides is 3. The minimum atomic E-state index is -4.76. The van der Waals surface area contributed by atoms with Gasteiger partial charge in [0.2, 0.25) is 0 Å². The first-order chi connectivity index (χ1) is 18.8. The molecule has 2 heterocycles. The Morgan fingerprint density at radius 2 is 1.67 bits per heavy atom. The fraction of sp³-hybridized carbons (Fsp3) is 0.107. The van der Waals surface area contributed by atoms with Gasteiger partial charge >= 0.3 is 6.36 Å². The van der Waals surface area contributed by atoms with E-state index in [0.717, 1.165) is 11.1 Å². The number of aromatic nitrogens is 3. The number of nitrogens with zero attached hydrogens (tertiary/aromatic N) is 3. The molecular formula is C28H22F3N5O3. The molecule has 2 N–H and O–H groups in total. The molecule has 0 saturated heterocycles. The maximum absolute atomic E-state index is 12.7. The Balaban J connectivity index is 1.40. The molecule has 11 heteroatoms. The number of imidazole rings is 1. The second-order valence-electron chi connectivity index (χ2n) is 8.41. The van der Waals surface area contributed by atoms with E-state index in [2.05, 4.69) is 20.6 Å². The summed E-state index contributed by atoms with van der Waals surface area (Å²) in [6.07, 6.45) is -3.16. The van der Waals surface area contributed by atoms with Gasteiger partial charge < -0.3 is 14.0 Å². The highest BCUT2D eigenvalue weighted by Gasteiger charge is 2.31. The molecule has 0 saturated carbocycles. The summed E-state index contributed by atoms with van der Waals surface area (Å²) in [7, 11) is 0. The second kappa shape index (κ2) is 11.1. The molecule has 0 spiro atoms. The number of benzene rings is 3. The van der Waals surface area contributed by atoms with E-state index in [-0.39, 0.29) is 18.3 Å². The van der Waals surface area contributed by atoms with Gasteiger partial charge in [0.15, 0.2) is 0 Å². The fourth-order valence-corrected chi connectivity index (χ4v) is 3.88. The summed E-state index contributed by atoms with van der Waals surface area (Å²) in [4.78, 5) is 21.5. The van der Waals surface area contributed by atoms with Crippen LogP contribution in [-0.4, -0.2) is 26.8 Å². The molecule has 0 aliphatic rings. The van der Waals surface area contributed by atoms with Crippen molar-refractivity contribution in [3.05, 3.63) is 114 Å². The molecule has 0 unspecified atom stereocenters. The third-order valence-corrected chi connectivity index (χ3v) is 5.67. The number of carbonyl (C=O) groups excluding carboxylic acids is 1. The number of fused-ring (bicyclic) bond motifs is 1. The van der Waals surface area contributed by atoms with Crippen LogP contribution in [0.2, 0.25) is 0 Å². The van der Waals surface area contributed by atoms with Crippen LogP contribution in [0.15, 0.2) is 97.2 Å². The van der Waals surface area contributed by atoms with E-state index < -0.39 is 6.36 Å². The molecule has 2 aromatic heterocycles. The highest BCUT2D eigenvalue weighted by atomic mass is 19.4. The van der Waals surface area contributed by atoms with Gasteiger partial charge in [-0.15, -0.1) is 13.2 Å². The average molecular weight is 534 g/mol. The van der Waals surface area contributed by atoms with Crippen LogP contribution in [0.5, 0.6) is 11.5 Å². The predicted molar refractivity (Wildman–Crippen MR) is 138 cm³/mol. The number of rotatable bonds is 9. The first kappa shape index (κ1) is 25.6. The number of hydrogen-bond acceptors (Lipinski definition) is 6. The van der Waals surface area contributed by atoms with Gasteiger partial charge in [-0.1, -0.05) is 36.4 Å². The monoisotopic (exact) mass is 533 g/mol. The van der Waals surface area contributed by atoms with Gasteiger partial charge in [0.05, 0.1) is 11.0 Å². The molecule has 3 aromatic carbocycles. The molecule has 8 nitrogen and oxygen atoms in total. The highest BCUT2D eigenvalue weighted by Crippen LogP contribution is 2.25. The summed E-state index contributed by atoms with van der Waals surface area (Å²) in [6.45, 7) is 0.444. The Hall–Kier alpha value is -5.06. The van der Waals surface area contributed by atoms with E-state index in [1.165, 1.54) is 12.1 Å². The molecule has 0 aliphatic carbocycles. The maximum Gasteiger partial charge on any atom is 0.573 e. The van der Waals surface area contributed by atoms with Crippen molar-refractivity contribution in [2.75, 3.05) is 5.43 Å². The number of hydrogen-bond donors (Lipinski definition) is 2. The zero-order valence-corrected chi connectivity index (χ0v) is 20.4. The van der Waals surface area contributed by atoms with Crippen LogP contribution in [-0.2, 0) is 13.2 Å². The number of pyridine rings is 1. The van der Waals surface area contributed by atoms with Gasteiger partial charge in [-0.25, -0.2) is 9.97 Å². The molecule has 0 radical (unpaired) electrons. The van der Waals surface area contributed by atoms with E-state index in [4.69, 9.17) is 9.72 Å². The third kappa shape index (κ3) is 6.63. The van der Waals surface area contributed by atoms with Crippen molar-refractivity contribution in [1.29, 1.82) is 0 Å². The molecule has 0 bridgehead atoms. The molecular weight excluding hydrogens is 511 g/mol. The van der Waals surface area contributed by atoms with Gasteiger partial charge in [0.1, 0.15) is 29.7 Å². The molecule has 39 heavy (non-hydrogen) atoms. The first-order valence-electron chi connectivity index (χ1n) is 11.8. The van der Waals surface area contributed by atoms with Crippen LogP contribution in [0.1, 0.15) is 21.7 Å². The maximum atomic E-state index is 12.7. The first-order valence-corrected chi connectivity index (χ1v) is 11.8. The smallest absolute Gasteiger partial charge is 0.486 e. The zero-order chi connectivity index (χ0) is 27.2. The number of para-hydroxylation sites is 1. The number of halogens is 3. The van der Waals surface area contributed by atoms with Gasteiger partial charge in [0.25, 0.3) is 5.91 Å². The number of hydrazine groups is 1. The van der Waals surface area contributed by atoms with Crippen molar-refractivity contribution in [2.24, 2.45) is 0 Å². The third-order valence-electron chi connectivity index (χ3n) is 5.67. The van der Waals surface area contributed by atoms with E-state index in [1.807, 2.05) is 34.9 Å². The number of ether oxygens (including phenoxy) is 2. The van der Waals surface area contributed by atoms with Crippen LogP contribution in [0, 0.1) is 0 Å². The molecule has 198 valence electrons. The lowest BCUT2D eigenvalue weighted by molar-refractivity contribution is -0.274. The van der Waals surface area contributed by atoms with Crippen LogP contribution in [0.4, 0.5) is 19.0 Å². The molecule has 5 rings (SSSR count). The lowest BCUT2D eigenvalue weighted by Crippen LogP contribution is -2.29. The fourth-order valence-electron chi connectivity index (χ4n) is 3.88. The zero-order valence-electron chi connectivity index (χ0n) is 20.4. The summed E-state index contributed by atoms with van der Waals surface area (Å²) < 4.78 is 49.4. The Labute approximate surface area is 221 Å². The Kier molecular flexibility index (Phi) is 7.30. The van der Waals surface area contributed by atoms with Crippen molar-refractivity contribution in [2.45, 2.75) is 19.5 Å². The lowest BCUT2D eigenvalue weighted by Gasteiger charge is -2.12. The largest absolute Gasteiger partial charge is 0.573 e. The summed E-state index contributed by atoms with van der Waals surface area (Å²) in [5, 5.41) is 0.